The molecule has 0 saturated carbocycles. The second kappa shape index (κ2) is 3.13. The van der Waals surface area contributed by atoms with Gasteiger partial charge in [-0.2, -0.15) is 0 Å². The van der Waals surface area contributed by atoms with Gasteiger partial charge in [0.05, 0.1) is 0 Å². The van der Waals surface area contributed by atoms with Crippen LogP contribution in [0.15, 0.2) is 30.4 Å². The molecule has 1 aromatic rings. The van der Waals surface area contributed by atoms with E-state index in [1.165, 1.54) is 12.1 Å². The number of hydrogen-bond acceptors (Lipinski definition) is 2. The zero-order valence-electron chi connectivity index (χ0n) is 7.27. The number of hydrogen-bond donors (Lipinski definition) is 2. The van der Waals surface area contributed by atoms with Crippen LogP contribution in [0, 0.1) is 0 Å². The Balaban J connectivity index is 2.37. The van der Waals surface area contributed by atoms with E-state index < -0.39 is 0 Å². The van der Waals surface area contributed by atoms with E-state index in [9.17, 15) is 10.2 Å². The summed E-state index contributed by atoms with van der Waals surface area (Å²) >= 11 is 0. The van der Waals surface area contributed by atoms with E-state index in [0.717, 1.165) is 18.4 Å². The van der Waals surface area contributed by atoms with Gasteiger partial charge in [-0.15, -0.1) is 0 Å². The second-order valence-electron chi connectivity index (χ2n) is 3.36. The predicted molar refractivity (Wildman–Crippen MR) is 50.9 cm³/mol. The average molecular weight is 176 g/mol. The number of phenolic OH excluding ortho intramolecular Hbond substituents is 2. The summed E-state index contributed by atoms with van der Waals surface area (Å²) in [5.74, 6) is 0.759. The molecule has 0 spiro atoms. The summed E-state index contributed by atoms with van der Waals surface area (Å²) in [6, 6.07) is 4.67. The van der Waals surface area contributed by atoms with E-state index in [1.807, 2.05) is 0 Å². The molecule has 1 aliphatic carbocycles. The van der Waals surface area contributed by atoms with Crippen molar-refractivity contribution in [2.45, 2.75) is 18.8 Å². The van der Waals surface area contributed by atoms with E-state index in [2.05, 4.69) is 12.2 Å². The standard InChI is InChI=1S/C11H12O2/c12-9-5-6-11(13)10(7-9)8-3-1-2-4-8/h1,3,5-8,12-13H,2,4H2. The number of rotatable bonds is 1. The molecule has 1 unspecified atom stereocenters. The van der Waals surface area contributed by atoms with Crippen LogP contribution in [0.5, 0.6) is 11.5 Å². The third kappa shape index (κ3) is 1.52. The maximum Gasteiger partial charge on any atom is 0.119 e. The van der Waals surface area contributed by atoms with Gasteiger partial charge in [-0.3, -0.25) is 0 Å². The maximum absolute atomic E-state index is 9.55. The molecule has 1 aliphatic rings. The first-order valence-corrected chi connectivity index (χ1v) is 4.46. The Morgan fingerprint density at radius 1 is 1.23 bits per heavy atom. The van der Waals surface area contributed by atoms with Crippen molar-refractivity contribution in [3.05, 3.63) is 35.9 Å². The largest absolute Gasteiger partial charge is 0.508 e. The predicted octanol–water partition coefficient (Wildman–Crippen LogP) is 2.53. The molecule has 0 bridgehead atoms. The van der Waals surface area contributed by atoms with Crippen LogP contribution >= 0.6 is 0 Å². The van der Waals surface area contributed by atoms with Gasteiger partial charge in [-0.1, -0.05) is 12.2 Å². The first kappa shape index (κ1) is 8.17. The molecule has 2 N–H and O–H groups in total. The van der Waals surface area contributed by atoms with Crippen molar-refractivity contribution in [2.75, 3.05) is 0 Å². The van der Waals surface area contributed by atoms with E-state index in [4.69, 9.17) is 0 Å². The lowest BCUT2D eigenvalue weighted by atomic mass is 9.97. The fourth-order valence-electron chi connectivity index (χ4n) is 1.73. The Labute approximate surface area is 77.1 Å². The fourth-order valence-corrected chi connectivity index (χ4v) is 1.73. The number of allylic oxidation sites excluding steroid dienone is 2. The van der Waals surface area contributed by atoms with E-state index in [1.54, 1.807) is 6.07 Å². The lowest BCUT2D eigenvalue weighted by Gasteiger charge is -2.10. The molecule has 2 rings (SSSR count). The van der Waals surface area contributed by atoms with Gasteiger partial charge < -0.3 is 10.2 Å². The Morgan fingerprint density at radius 3 is 2.77 bits per heavy atom. The third-order valence-corrected chi connectivity index (χ3v) is 2.42. The van der Waals surface area contributed by atoms with Crippen LogP contribution in [0.25, 0.3) is 0 Å². The average Bonchev–Trinajstić information content (AvgIpc) is 2.61. The van der Waals surface area contributed by atoms with Crippen molar-refractivity contribution < 1.29 is 10.2 Å². The second-order valence-corrected chi connectivity index (χ2v) is 3.36. The van der Waals surface area contributed by atoms with Crippen molar-refractivity contribution in [3.63, 3.8) is 0 Å². The van der Waals surface area contributed by atoms with E-state index in [0.29, 0.717) is 0 Å². The van der Waals surface area contributed by atoms with Gasteiger partial charge in [0.1, 0.15) is 11.5 Å². The quantitative estimate of drug-likeness (QED) is 0.510. The Morgan fingerprint density at radius 2 is 2.08 bits per heavy atom. The topological polar surface area (TPSA) is 40.5 Å². The smallest absolute Gasteiger partial charge is 0.119 e. The molecule has 0 saturated heterocycles. The van der Waals surface area contributed by atoms with Crippen LogP contribution in [-0.2, 0) is 0 Å². The highest BCUT2D eigenvalue weighted by atomic mass is 16.3. The molecule has 1 aromatic carbocycles. The molecule has 0 aliphatic heterocycles. The lowest BCUT2D eigenvalue weighted by Crippen LogP contribution is -1.91. The van der Waals surface area contributed by atoms with Crippen molar-refractivity contribution in [1.82, 2.24) is 0 Å². The molecule has 0 fully saturated rings. The molecular weight excluding hydrogens is 164 g/mol. The first-order chi connectivity index (χ1) is 6.27. The summed E-state index contributed by atoms with van der Waals surface area (Å²) < 4.78 is 0. The fraction of sp³-hybridized carbons (Fsp3) is 0.273. The van der Waals surface area contributed by atoms with Crippen molar-refractivity contribution >= 4 is 0 Å². The Kier molecular flexibility index (Phi) is 1.97. The van der Waals surface area contributed by atoms with Crippen molar-refractivity contribution in [2.24, 2.45) is 0 Å². The van der Waals surface area contributed by atoms with Crippen LogP contribution in [0.2, 0.25) is 0 Å². The van der Waals surface area contributed by atoms with Crippen LogP contribution in [0.3, 0.4) is 0 Å². The van der Waals surface area contributed by atoms with E-state index >= 15 is 0 Å². The van der Waals surface area contributed by atoms with Gasteiger partial charge in [0.15, 0.2) is 0 Å². The molecule has 2 nitrogen and oxygen atoms in total. The van der Waals surface area contributed by atoms with Gasteiger partial charge in [0.25, 0.3) is 0 Å². The number of aromatic hydroxyl groups is 2. The zero-order chi connectivity index (χ0) is 9.26. The van der Waals surface area contributed by atoms with Crippen molar-refractivity contribution in [3.8, 4) is 11.5 Å². The molecule has 0 radical (unpaired) electrons. The van der Waals surface area contributed by atoms with Gasteiger partial charge in [0.2, 0.25) is 0 Å². The van der Waals surface area contributed by atoms with Gasteiger partial charge in [-0.25, -0.2) is 0 Å². The summed E-state index contributed by atoms with van der Waals surface area (Å²) in [4.78, 5) is 0. The normalized spacial score (nSPS) is 20.8. The van der Waals surface area contributed by atoms with Crippen LogP contribution in [-0.4, -0.2) is 10.2 Å². The molecule has 68 valence electrons. The summed E-state index contributed by atoms with van der Waals surface area (Å²) in [7, 11) is 0. The molecule has 0 heterocycles. The molecular formula is C11H12O2. The monoisotopic (exact) mass is 176 g/mol. The van der Waals surface area contributed by atoms with Crippen LogP contribution < -0.4 is 0 Å². The Hall–Kier alpha value is -1.44. The number of phenols is 2. The molecule has 0 aromatic heterocycles. The Bertz CT molecular complexity index is 342. The first-order valence-electron chi connectivity index (χ1n) is 4.46. The van der Waals surface area contributed by atoms with Crippen molar-refractivity contribution in [1.29, 1.82) is 0 Å². The third-order valence-electron chi connectivity index (χ3n) is 2.42. The van der Waals surface area contributed by atoms with E-state index in [-0.39, 0.29) is 17.4 Å². The summed E-state index contributed by atoms with van der Waals surface area (Å²) in [5, 5.41) is 18.8. The van der Waals surface area contributed by atoms with Gasteiger partial charge in [-0.05, 0) is 31.0 Å². The van der Waals surface area contributed by atoms with Gasteiger partial charge >= 0.3 is 0 Å². The highest BCUT2D eigenvalue weighted by Gasteiger charge is 2.15. The lowest BCUT2D eigenvalue weighted by molar-refractivity contribution is 0.451. The minimum absolute atomic E-state index is 0.216. The molecule has 2 heteroatoms. The molecule has 0 amide bonds. The summed E-state index contributed by atoms with van der Waals surface area (Å²) in [6.45, 7) is 0. The minimum Gasteiger partial charge on any atom is -0.508 e. The highest BCUT2D eigenvalue weighted by molar-refractivity contribution is 5.43. The SMILES string of the molecule is Oc1ccc(O)c(C2C=CCC2)c1. The summed E-state index contributed by atoms with van der Waals surface area (Å²) in [6.07, 6.45) is 6.26. The highest BCUT2D eigenvalue weighted by Crippen LogP contribution is 2.35. The molecule has 13 heavy (non-hydrogen) atoms. The maximum atomic E-state index is 9.55. The minimum atomic E-state index is 0.216. The molecule has 1 atom stereocenters. The van der Waals surface area contributed by atoms with Crippen LogP contribution in [0.4, 0.5) is 0 Å². The number of benzene rings is 1. The van der Waals surface area contributed by atoms with Gasteiger partial charge in [0, 0.05) is 11.5 Å². The summed E-state index contributed by atoms with van der Waals surface area (Å²) in [5.41, 5.74) is 0.828. The zero-order valence-corrected chi connectivity index (χ0v) is 7.27. The van der Waals surface area contributed by atoms with Crippen LogP contribution in [0.1, 0.15) is 24.3 Å².